The van der Waals surface area contributed by atoms with Gasteiger partial charge in [-0.3, -0.25) is 9.78 Å². The Morgan fingerprint density at radius 1 is 1.00 bits per heavy atom. The Kier molecular flexibility index (Phi) is 10.7. The van der Waals surface area contributed by atoms with E-state index in [1.54, 1.807) is 18.3 Å². The van der Waals surface area contributed by atoms with Crippen molar-refractivity contribution in [2.45, 2.75) is 46.0 Å². The van der Waals surface area contributed by atoms with Crippen molar-refractivity contribution in [3.8, 4) is 34.4 Å². The Balaban J connectivity index is 1.26. The molecular formula is C36H36ClN3O5. The Morgan fingerprint density at radius 3 is 2.53 bits per heavy atom. The first-order valence-corrected chi connectivity index (χ1v) is 15.3. The zero-order chi connectivity index (χ0) is 31.8. The van der Waals surface area contributed by atoms with Gasteiger partial charge in [-0.05, 0) is 72.7 Å². The molecule has 0 aliphatic carbocycles. The number of nitrogens with zero attached hydrogens (tertiary/aromatic N) is 3. The zero-order valence-corrected chi connectivity index (χ0v) is 26.2. The molecule has 45 heavy (non-hydrogen) atoms. The molecule has 2 heterocycles. The lowest BCUT2D eigenvalue weighted by atomic mass is 9.93. The molecule has 1 aromatic heterocycles. The molecule has 8 nitrogen and oxygen atoms in total. The third kappa shape index (κ3) is 8.00. The number of carbonyl (C=O) groups excluding carboxylic acids is 1. The average molecular weight is 626 g/mol. The van der Waals surface area contributed by atoms with Crippen molar-refractivity contribution in [1.29, 1.82) is 5.26 Å². The van der Waals surface area contributed by atoms with E-state index in [0.717, 1.165) is 66.0 Å². The highest BCUT2D eigenvalue weighted by atomic mass is 35.5. The van der Waals surface area contributed by atoms with Crippen LogP contribution in [0.2, 0.25) is 5.02 Å². The van der Waals surface area contributed by atoms with Gasteiger partial charge in [0.05, 0.1) is 28.9 Å². The lowest BCUT2D eigenvalue weighted by molar-refractivity contribution is 0.111. The van der Waals surface area contributed by atoms with E-state index < -0.39 is 0 Å². The number of aromatic nitrogens is 1. The number of β-amino-alcohol motifs (C(OH)–C–C–N with tert-alkyl or cyclic N) is 1. The number of ether oxygens (including phenoxy) is 3. The highest BCUT2D eigenvalue weighted by Crippen LogP contribution is 2.36. The molecule has 1 aliphatic rings. The molecule has 3 aromatic carbocycles. The Morgan fingerprint density at radius 2 is 1.78 bits per heavy atom. The second kappa shape index (κ2) is 15.0. The zero-order valence-electron chi connectivity index (χ0n) is 25.5. The van der Waals surface area contributed by atoms with Gasteiger partial charge in [0.15, 0.2) is 6.29 Å². The maximum absolute atomic E-state index is 11.7. The standard InChI is InChI=1S/C36H36ClN3O5/c1-24-28(23-45-36-16-35(29(21-41)15-33(36)37)44-22-27-14-26(17-38)18-39-19-27)6-3-7-31(24)32-8-4-9-34(25(32)2)43-13-5-11-40-12-10-30(42)20-40/h3-4,6-9,14-16,18-19,21,30,42H,5,10-13,20,22-23H2,1-2H3/t30-/m1/s1. The summed E-state index contributed by atoms with van der Waals surface area (Å²) < 4.78 is 18.3. The van der Waals surface area contributed by atoms with E-state index in [9.17, 15) is 9.90 Å². The van der Waals surface area contributed by atoms with Gasteiger partial charge >= 0.3 is 0 Å². The fourth-order valence-electron chi connectivity index (χ4n) is 5.50. The van der Waals surface area contributed by atoms with Crippen LogP contribution in [0.25, 0.3) is 11.1 Å². The van der Waals surface area contributed by atoms with Crippen molar-refractivity contribution in [3.63, 3.8) is 0 Å². The van der Waals surface area contributed by atoms with Gasteiger partial charge in [0.25, 0.3) is 0 Å². The number of halogens is 1. The molecule has 1 atom stereocenters. The minimum absolute atomic E-state index is 0.121. The summed E-state index contributed by atoms with van der Waals surface area (Å²) in [7, 11) is 0. The summed E-state index contributed by atoms with van der Waals surface area (Å²) in [5, 5.41) is 19.2. The molecule has 9 heteroatoms. The van der Waals surface area contributed by atoms with Crippen LogP contribution in [0.5, 0.6) is 17.2 Å². The van der Waals surface area contributed by atoms with Gasteiger partial charge in [0, 0.05) is 43.7 Å². The van der Waals surface area contributed by atoms with Crippen LogP contribution in [-0.2, 0) is 13.2 Å². The maximum Gasteiger partial charge on any atom is 0.153 e. The minimum Gasteiger partial charge on any atom is -0.493 e. The van der Waals surface area contributed by atoms with Crippen LogP contribution in [0.3, 0.4) is 0 Å². The fourth-order valence-corrected chi connectivity index (χ4v) is 5.73. The van der Waals surface area contributed by atoms with Crippen LogP contribution >= 0.6 is 11.6 Å². The summed E-state index contributed by atoms with van der Waals surface area (Å²) in [4.78, 5) is 18.1. The molecular weight excluding hydrogens is 590 g/mol. The molecule has 4 aromatic rings. The summed E-state index contributed by atoms with van der Waals surface area (Å²) in [5.74, 6) is 1.57. The largest absolute Gasteiger partial charge is 0.493 e. The highest BCUT2D eigenvalue weighted by molar-refractivity contribution is 6.32. The van der Waals surface area contributed by atoms with Gasteiger partial charge < -0.3 is 24.2 Å². The third-order valence-corrected chi connectivity index (χ3v) is 8.33. The smallest absolute Gasteiger partial charge is 0.153 e. The summed E-state index contributed by atoms with van der Waals surface area (Å²) in [6.07, 6.45) is 5.31. The first-order chi connectivity index (χ1) is 21.9. The average Bonchev–Trinajstić information content (AvgIpc) is 3.47. The predicted molar refractivity (Wildman–Crippen MR) is 173 cm³/mol. The van der Waals surface area contributed by atoms with E-state index in [-0.39, 0.29) is 19.3 Å². The number of aldehydes is 1. The first kappa shape index (κ1) is 32.0. The van der Waals surface area contributed by atoms with Crippen LogP contribution in [0.15, 0.2) is 67.0 Å². The van der Waals surface area contributed by atoms with Gasteiger partial charge in [-0.15, -0.1) is 0 Å². The van der Waals surface area contributed by atoms with Gasteiger partial charge in [-0.1, -0.05) is 41.9 Å². The molecule has 1 N–H and O–H groups in total. The molecule has 1 aliphatic heterocycles. The topological polar surface area (TPSA) is 105 Å². The third-order valence-electron chi connectivity index (χ3n) is 8.04. The van der Waals surface area contributed by atoms with Crippen molar-refractivity contribution in [3.05, 3.63) is 105 Å². The number of aliphatic hydroxyl groups is 1. The Hall–Kier alpha value is -4.42. The second-order valence-electron chi connectivity index (χ2n) is 11.2. The molecule has 5 rings (SSSR count). The fraction of sp³-hybridized carbons (Fsp3) is 0.306. The second-order valence-corrected chi connectivity index (χ2v) is 11.6. The summed E-state index contributed by atoms with van der Waals surface area (Å²) >= 11 is 6.49. The van der Waals surface area contributed by atoms with Crippen molar-refractivity contribution < 1.29 is 24.1 Å². The van der Waals surface area contributed by atoms with E-state index in [4.69, 9.17) is 31.1 Å². The lowest BCUT2D eigenvalue weighted by Crippen LogP contribution is -2.24. The Labute approximate surface area is 268 Å². The number of likely N-dealkylation sites (tertiary alicyclic amines) is 1. The summed E-state index contributed by atoms with van der Waals surface area (Å²) in [6.45, 7) is 7.74. The van der Waals surface area contributed by atoms with Crippen LogP contribution in [-0.4, -0.2) is 53.6 Å². The monoisotopic (exact) mass is 625 g/mol. The van der Waals surface area contributed by atoms with Gasteiger partial charge in [-0.25, -0.2) is 0 Å². The SMILES string of the molecule is Cc1c(COc2cc(OCc3cncc(C#N)c3)c(C=O)cc2Cl)cccc1-c1cccc(OCCCN2CC[C@@H](O)C2)c1C. The van der Waals surface area contributed by atoms with Gasteiger partial charge in [0.2, 0.25) is 0 Å². The van der Waals surface area contributed by atoms with Crippen molar-refractivity contribution in [2.75, 3.05) is 26.2 Å². The predicted octanol–water partition coefficient (Wildman–Crippen LogP) is 6.70. The number of aliphatic hydroxyl groups excluding tert-OH is 1. The van der Waals surface area contributed by atoms with E-state index in [1.807, 2.05) is 24.3 Å². The first-order valence-electron chi connectivity index (χ1n) is 15.0. The number of nitriles is 1. The molecule has 0 amide bonds. The quantitative estimate of drug-likeness (QED) is 0.129. The van der Waals surface area contributed by atoms with E-state index in [0.29, 0.717) is 46.1 Å². The van der Waals surface area contributed by atoms with Crippen molar-refractivity contribution in [2.24, 2.45) is 0 Å². The molecule has 0 saturated carbocycles. The number of carbonyl (C=O) groups is 1. The van der Waals surface area contributed by atoms with E-state index >= 15 is 0 Å². The number of pyridine rings is 1. The molecule has 1 fully saturated rings. The van der Waals surface area contributed by atoms with Crippen molar-refractivity contribution in [1.82, 2.24) is 9.88 Å². The molecule has 0 unspecified atom stereocenters. The molecule has 0 spiro atoms. The van der Waals surface area contributed by atoms with Crippen LogP contribution < -0.4 is 14.2 Å². The lowest BCUT2D eigenvalue weighted by Gasteiger charge is -2.18. The number of benzene rings is 3. The van der Waals surface area contributed by atoms with Gasteiger partial charge in [0.1, 0.15) is 36.5 Å². The van der Waals surface area contributed by atoms with Crippen molar-refractivity contribution >= 4 is 17.9 Å². The minimum atomic E-state index is -0.205. The number of hydrogen-bond acceptors (Lipinski definition) is 8. The molecule has 232 valence electrons. The number of hydrogen-bond donors (Lipinski definition) is 1. The summed E-state index contributed by atoms with van der Waals surface area (Å²) in [6, 6.07) is 19.1. The maximum atomic E-state index is 11.7. The number of rotatable bonds is 13. The van der Waals surface area contributed by atoms with E-state index in [2.05, 4.69) is 41.9 Å². The Bertz CT molecular complexity index is 1700. The van der Waals surface area contributed by atoms with Crippen LogP contribution in [0, 0.1) is 25.2 Å². The van der Waals surface area contributed by atoms with Crippen LogP contribution in [0.4, 0.5) is 0 Å². The molecule has 0 bridgehead atoms. The molecule has 0 radical (unpaired) electrons. The normalized spacial score (nSPS) is 14.6. The molecule has 1 saturated heterocycles. The van der Waals surface area contributed by atoms with Gasteiger partial charge in [-0.2, -0.15) is 5.26 Å². The highest BCUT2D eigenvalue weighted by Gasteiger charge is 2.19. The summed E-state index contributed by atoms with van der Waals surface area (Å²) in [5.41, 5.74) is 6.73. The van der Waals surface area contributed by atoms with E-state index in [1.165, 1.54) is 12.3 Å². The van der Waals surface area contributed by atoms with Crippen LogP contribution in [0.1, 0.15) is 51.0 Å².